The molecule has 3 N–H and O–H groups in total. The van der Waals surface area contributed by atoms with Gasteiger partial charge in [-0.3, -0.25) is 9.59 Å². The normalized spacial score (nSPS) is 44.9. The molecule has 7 rings (SSSR count). The Morgan fingerprint density at radius 3 is 2.54 bits per heavy atom. The first-order valence-electron chi connectivity index (χ1n) is 17.0. The van der Waals surface area contributed by atoms with Gasteiger partial charge in [-0.25, -0.2) is 4.79 Å². The van der Waals surface area contributed by atoms with E-state index in [1.807, 2.05) is 27.7 Å². The minimum Gasteiger partial charge on any atom is -0.469 e. The van der Waals surface area contributed by atoms with Crippen molar-refractivity contribution in [2.45, 2.75) is 128 Å². The van der Waals surface area contributed by atoms with Gasteiger partial charge in [0.15, 0.2) is 11.9 Å². The van der Waals surface area contributed by atoms with E-state index in [4.69, 9.17) is 23.4 Å². The molecule has 0 amide bonds. The number of aliphatic hydroxyl groups excluding tert-OH is 3. The molecule has 4 saturated heterocycles. The third-order valence-electron chi connectivity index (χ3n) is 13.3. The van der Waals surface area contributed by atoms with Crippen LogP contribution in [0.25, 0.3) is 0 Å². The summed E-state index contributed by atoms with van der Waals surface area (Å²) in [5, 5.41) is 32.6. The average Bonchev–Trinajstić information content (AvgIpc) is 3.56. The fourth-order valence-corrected chi connectivity index (χ4v) is 11.3. The average molecular weight is 645 g/mol. The summed E-state index contributed by atoms with van der Waals surface area (Å²) in [5.41, 5.74) is -4.45. The van der Waals surface area contributed by atoms with Crippen LogP contribution in [0.2, 0.25) is 0 Å². The van der Waals surface area contributed by atoms with Gasteiger partial charge in [-0.1, -0.05) is 40.0 Å². The molecule has 254 valence electrons. The summed E-state index contributed by atoms with van der Waals surface area (Å²) in [6, 6.07) is 1.79. The second-order valence-corrected chi connectivity index (χ2v) is 15.8. The van der Waals surface area contributed by atoms with Gasteiger partial charge in [-0.15, -0.1) is 0 Å². The number of esters is 2. The molecule has 4 aliphatic heterocycles. The summed E-state index contributed by atoms with van der Waals surface area (Å²) in [7, 11) is 0. The summed E-state index contributed by atoms with van der Waals surface area (Å²) < 4.78 is 30.9. The lowest BCUT2D eigenvalue weighted by Crippen LogP contribution is -2.76. The topological polar surface area (TPSA) is 165 Å². The lowest BCUT2D eigenvalue weighted by Gasteiger charge is -2.66. The molecule has 0 radical (unpaired) electrons. The molecule has 11 nitrogen and oxygen atoms in total. The van der Waals surface area contributed by atoms with E-state index in [1.165, 1.54) is 0 Å². The molecule has 2 spiro atoms. The second kappa shape index (κ2) is 10.6. The van der Waals surface area contributed by atoms with E-state index in [2.05, 4.69) is 6.92 Å². The fourth-order valence-electron chi connectivity index (χ4n) is 11.3. The van der Waals surface area contributed by atoms with Crippen LogP contribution in [0.15, 0.2) is 16.7 Å². The van der Waals surface area contributed by atoms with Crippen molar-refractivity contribution >= 4 is 17.7 Å². The number of furan rings is 1. The zero-order chi connectivity index (χ0) is 33.0. The number of aliphatic hydroxyl groups is 3. The highest BCUT2D eigenvalue weighted by Gasteiger charge is 2.90. The number of ether oxygens (including phenoxy) is 4. The molecule has 6 fully saturated rings. The smallest absolute Gasteiger partial charge is 0.339 e. The van der Waals surface area contributed by atoms with E-state index in [9.17, 15) is 29.7 Å². The molecule has 11 heteroatoms. The standard InChI is InChI=1S/C35H48O11/c1-6-7-8-9-18(20(37)16-36)14-21-19(11-13-42-21)28-32(4)12-10-22-33(5,35(32)29(46-35)30(41)44-28)27(40)25(39)26-31(2,3)45-23-15-24(38)43-17-34(22,23)26/h11,13,18,20,22-23,26-29,36-37,40H,6-10,12,14-17H2,1-5H3. The highest BCUT2D eigenvalue weighted by atomic mass is 16.7. The molecule has 12 atom stereocenters. The van der Waals surface area contributed by atoms with Crippen molar-refractivity contribution in [3.63, 3.8) is 0 Å². The summed E-state index contributed by atoms with van der Waals surface area (Å²) in [6.07, 6.45) is 1.94. The molecule has 6 aliphatic rings. The Balaban J connectivity index is 1.29. The number of ketones is 1. The first kappa shape index (κ1) is 32.2. The van der Waals surface area contributed by atoms with Gasteiger partial charge in [-0.05, 0) is 51.0 Å². The summed E-state index contributed by atoms with van der Waals surface area (Å²) >= 11 is 0. The molecular formula is C35H48O11. The van der Waals surface area contributed by atoms with Crippen molar-refractivity contribution in [2.24, 2.45) is 34.0 Å². The lowest BCUT2D eigenvalue weighted by molar-refractivity contribution is -0.252. The van der Waals surface area contributed by atoms with Crippen LogP contribution in [0.3, 0.4) is 0 Å². The van der Waals surface area contributed by atoms with Crippen molar-refractivity contribution in [2.75, 3.05) is 13.2 Å². The zero-order valence-electron chi connectivity index (χ0n) is 27.5. The molecule has 5 heterocycles. The third-order valence-corrected chi connectivity index (χ3v) is 13.3. The van der Waals surface area contributed by atoms with Gasteiger partial charge in [-0.2, -0.15) is 0 Å². The molecule has 0 aromatic carbocycles. The van der Waals surface area contributed by atoms with Crippen molar-refractivity contribution < 1.29 is 53.1 Å². The van der Waals surface area contributed by atoms with Gasteiger partial charge < -0.3 is 38.7 Å². The summed E-state index contributed by atoms with van der Waals surface area (Å²) in [5.74, 6) is -2.04. The van der Waals surface area contributed by atoms with Crippen LogP contribution in [0, 0.1) is 34.0 Å². The number of Topliss-reactive ketones (excluding diaryl/α,β-unsaturated/α-hetero) is 1. The van der Waals surface area contributed by atoms with Crippen LogP contribution in [-0.2, 0) is 39.8 Å². The van der Waals surface area contributed by atoms with Crippen molar-refractivity contribution in [1.29, 1.82) is 0 Å². The summed E-state index contributed by atoms with van der Waals surface area (Å²) in [6.45, 7) is 9.31. The number of fused-ring (bicyclic) bond motifs is 1. The molecule has 12 unspecified atom stereocenters. The minimum absolute atomic E-state index is 0.00707. The Kier molecular flexibility index (Phi) is 7.43. The predicted molar refractivity (Wildman–Crippen MR) is 160 cm³/mol. The Hall–Kier alpha value is -2.31. The van der Waals surface area contributed by atoms with Crippen LogP contribution >= 0.6 is 0 Å². The Labute approximate surface area is 269 Å². The van der Waals surface area contributed by atoms with Crippen LogP contribution < -0.4 is 0 Å². The van der Waals surface area contributed by atoms with Crippen LogP contribution in [-0.4, -0.2) is 81.9 Å². The highest BCUT2D eigenvalue weighted by molar-refractivity contribution is 5.92. The Morgan fingerprint density at radius 1 is 1.07 bits per heavy atom. The molecule has 1 aromatic rings. The number of hydrogen-bond acceptors (Lipinski definition) is 11. The SMILES string of the molecule is CCCCCC(Cc1occc1C1OC(=O)C2OC23C1(C)CCC1C24COC(=O)CC2OC(C)(C)C4C(=O)C(O)C13C)C(O)CO. The number of unbranched alkanes of at least 4 members (excludes halogenated alkanes) is 2. The van der Waals surface area contributed by atoms with Gasteiger partial charge in [0.25, 0.3) is 0 Å². The first-order chi connectivity index (χ1) is 21.7. The molecule has 0 bridgehead atoms. The van der Waals surface area contributed by atoms with E-state index in [0.717, 1.165) is 19.3 Å². The number of carbonyl (C=O) groups is 3. The van der Waals surface area contributed by atoms with E-state index in [1.54, 1.807) is 12.3 Å². The third kappa shape index (κ3) is 3.92. The van der Waals surface area contributed by atoms with Crippen LogP contribution in [0.5, 0.6) is 0 Å². The van der Waals surface area contributed by atoms with E-state index in [0.29, 0.717) is 37.0 Å². The number of rotatable bonds is 9. The lowest BCUT2D eigenvalue weighted by atomic mass is 9.36. The monoisotopic (exact) mass is 644 g/mol. The van der Waals surface area contributed by atoms with Gasteiger partial charge in [0, 0.05) is 28.2 Å². The van der Waals surface area contributed by atoms with Crippen LogP contribution in [0.1, 0.15) is 97.0 Å². The van der Waals surface area contributed by atoms with Gasteiger partial charge in [0.2, 0.25) is 0 Å². The van der Waals surface area contributed by atoms with Gasteiger partial charge >= 0.3 is 11.9 Å². The highest BCUT2D eigenvalue weighted by Crippen LogP contribution is 2.80. The largest absolute Gasteiger partial charge is 0.469 e. The first-order valence-corrected chi connectivity index (χ1v) is 17.0. The van der Waals surface area contributed by atoms with Gasteiger partial charge in [0.1, 0.15) is 30.2 Å². The number of cyclic esters (lactones) is 2. The molecule has 2 saturated carbocycles. The maximum atomic E-state index is 14.4. The van der Waals surface area contributed by atoms with Crippen molar-refractivity contribution in [1.82, 2.24) is 0 Å². The van der Waals surface area contributed by atoms with Gasteiger partial charge in [0.05, 0.1) is 43.0 Å². The molecule has 46 heavy (non-hydrogen) atoms. The molecule has 2 aliphatic carbocycles. The zero-order valence-corrected chi connectivity index (χ0v) is 27.5. The fraction of sp³-hybridized carbons (Fsp3) is 0.800. The van der Waals surface area contributed by atoms with E-state index >= 15 is 0 Å². The Morgan fingerprint density at radius 2 is 1.83 bits per heavy atom. The van der Waals surface area contributed by atoms with E-state index in [-0.39, 0.29) is 43.2 Å². The maximum absolute atomic E-state index is 14.4. The van der Waals surface area contributed by atoms with Crippen molar-refractivity contribution in [3.05, 3.63) is 23.7 Å². The van der Waals surface area contributed by atoms with Crippen LogP contribution in [0.4, 0.5) is 0 Å². The quantitative estimate of drug-likeness (QED) is 0.205. The second-order valence-electron chi connectivity index (χ2n) is 15.8. The van der Waals surface area contributed by atoms with E-state index < -0.39 is 69.9 Å². The predicted octanol–water partition coefficient (Wildman–Crippen LogP) is 3.20. The summed E-state index contributed by atoms with van der Waals surface area (Å²) in [4.78, 5) is 40.7. The number of epoxide rings is 1. The molecular weight excluding hydrogens is 596 g/mol. The minimum atomic E-state index is -1.45. The number of carbonyl (C=O) groups excluding carboxylic acids is 3. The maximum Gasteiger partial charge on any atom is 0.339 e. The van der Waals surface area contributed by atoms with Crippen molar-refractivity contribution in [3.8, 4) is 0 Å². The molecule has 1 aromatic heterocycles. The number of hydrogen-bond donors (Lipinski definition) is 3. The Bertz CT molecular complexity index is 1420.